The molecule has 0 aliphatic heterocycles. The van der Waals surface area contributed by atoms with Gasteiger partial charge in [-0.3, -0.25) is 4.79 Å². The predicted molar refractivity (Wildman–Crippen MR) is 49.0 cm³/mol. The van der Waals surface area contributed by atoms with Crippen LogP contribution in [0.15, 0.2) is 11.8 Å². The molecule has 6 nitrogen and oxygen atoms in total. The van der Waals surface area contributed by atoms with Crippen LogP contribution in [0.3, 0.4) is 0 Å². The molecule has 0 aromatic heterocycles. The molecule has 15 heavy (non-hydrogen) atoms. The van der Waals surface area contributed by atoms with Crippen LogP contribution >= 0.6 is 0 Å². The highest BCUT2D eigenvalue weighted by molar-refractivity contribution is 6.38. The van der Waals surface area contributed by atoms with Gasteiger partial charge in [0.1, 0.15) is 0 Å². The number of ether oxygens (including phenoxy) is 2. The minimum atomic E-state index is -1.13. The molecule has 0 fully saturated rings. The van der Waals surface area contributed by atoms with Crippen LogP contribution in [0.4, 0.5) is 0 Å². The smallest absolute Gasteiger partial charge is 0.379 e. The molecule has 0 aliphatic rings. The zero-order valence-corrected chi connectivity index (χ0v) is 8.48. The van der Waals surface area contributed by atoms with Crippen LogP contribution in [0.1, 0.15) is 13.8 Å². The van der Waals surface area contributed by atoms with E-state index in [1.165, 1.54) is 6.92 Å². The van der Waals surface area contributed by atoms with Crippen LogP contribution in [0.5, 0.6) is 0 Å². The molecule has 0 amide bonds. The quantitative estimate of drug-likeness (QED) is 0.304. The van der Waals surface area contributed by atoms with Crippen LogP contribution in [0.2, 0.25) is 0 Å². The molecular formula is C9H12O6. The molecule has 0 aromatic rings. The van der Waals surface area contributed by atoms with E-state index in [-0.39, 0.29) is 13.2 Å². The van der Waals surface area contributed by atoms with Crippen molar-refractivity contribution in [2.45, 2.75) is 13.8 Å². The molecule has 1 N–H and O–H groups in total. The van der Waals surface area contributed by atoms with Gasteiger partial charge in [0.15, 0.2) is 0 Å². The minimum Gasteiger partial charge on any atom is -0.502 e. The maximum atomic E-state index is 10.9. The van der Waals surface area contributed by atoms with Crippen LogP contribution < -0.4 is 0 Å². The molecule has 0 rings (SSSR count). The van der Waals surface area contributed by atoms with Gasteiger partial charge >= 0.3 is 11.9 Å². The van der Waals surface area contributed by atoms with Gasteiger partial charge in [0.2, 0.25) is 5.76 Å². The lowest BCUT2D eigenvalue weighted by molar-refractivity contribution is -0.151. The van der Waals surface area contributed by atoms with Crippen molar-refractivity contribution in [3.63, 3.8) is 0 Å². The normalized spacial score (nSPS) is 10.7. The van der Waals surface area contributed by atoms with E-state index in [0.717, 1.165) is 0 Å². The Morgan fingerprint density at radius 2 is 1.53 bits per heavy atom. The van der Waals surface area contributed by atoms with Crippen LogP contribution in [-0.4, -0.2) is 36.0 Å². The first-order valence-electron chi connectivity index (χ1n) is 4.31. The van der Waals surface area contributed by atoms with Gasteiger partial charge in [0.05, 0.1) is 13.2 Å². The Balaban J connectivity index is 4.41. The first-order chi connectivity index (χ1) is 7.02. The molecule has 0 atom stereocenters. The second kappa shape index (κ2) is 6.58. The Kier molecular flexibility index (Phi) is 5.77. The summed E-state index contributed by atoms with van der Waals surface area (Å²) in [7, 11) is 0. The largest absolute Gasteiger partial charge is 0.502 e. The molecular weight excluding hydrogens is 204 g/mol. The van der Waals surface area contributed by atoms with Crippen molar-refractivity contribution in [2.24, 2.45) is 0 Å². The van der Waals surface area contributed by atoms with E-state index in [1.54, 1.807) is 6.92 Å². The molecule has 0 spiro atoms. The summed E-state index contributed by atoms with van der Waals surface area (Å²) < 4.78 is 8.73. The number of hydrogen-bond donors (Lipinski definition) is 1. The summed E-state index contributed by atoms with van der Waals surface area (Å²) in [4.78, 5) is 32.5. The molecule has 6 heteroatoms. The van der Waals surface area contributed by atoms with Gasteiger partial charge in [-0.15, -0.1) is 0 Å². The monoisotopic (exact) mass is 216 g/mol. The number of aliphatic hydroxyl groups excluding tert-OH is 1. The Hall–Kier alpha value is -1.85. The van der Waals surface area contributed by atoms with Crippen molar-refractivity contribution in [1.29, 1.82) is 0 Å². The maximum absolute atomic E-state index is 10.9. The fourth-order valence-electron chi connectivity index (χ4n) is 0.649. The van der Waals surface area contributed by atoms with Crippen molar-refractivity contribution in [3.8, 4) is 0 Å². The fraction of sp³-hybridized carbons (Fsp3) is 0.444. The molecule has 0 saturated heterocycles. The van der Waals surface area contributed by atoms with E-state index < -0.39 is 23.5 Å². The number of rotatable bonds is 5. The lowest BCUT2D eigenvalue weighted by Crippen LogP contribution is -2.17. The summed E-state index contributed by atoms with van der Waals surface area (Å²) in [5.74, 6) is -4.22. The number of carbonyl (C=O) groups excluding carboxylic acids is 3. The summed E-state index contributed by atoms with van der Waals surface area (Å²) in [5, 5.41) is 8.99. The summed E-state index contributed by atoms with van der Waals surface area (Å²) in [6.45, 7) is 3.17. The van der Waals surface area contributed by atoms with Gasteiger partial charge in [-0.25, -0.2) is 9.59 Å². The third-order valence-electron chi connectivity index (χ3n) is 1.23. The Morgan fingerprint density at radius 1 is 1.07 bits per heavy atom. The average molecular weight is 216 g/mol. The van der Waals surface area contributed by atoms with Crippen LogP contribution in [0.25, 0.3) is 0 Å². The lowest BCUT2D eigenvalue weighted by atomic mass is 10.3. The molecule has 0 bridgehead atoms. The number of hydrogen-bond acceptors (Lipinski definition) is 6. The number of esters is 2. The summed E-state index contributed by atoms with van der Waals surface area (Å²) in [6, 6.07) is 0. The third-order valence-corrected chi connectivity index (χ3v) is 1.23. The van der Waals surface area contributed by atoms with Gasteiger partial charge in [-0.2, -0.15) is 0 Å². The standard InChI is InChI=1S/C9H12O6/c1-3-14-8(12)6(10)5-7(11)9(13)15-4-2/h5,10H,3-4H2,1-2H3/b6-5-. The van der Waals surface area contributed by atoms with Crippen molar-refractivity contribution in [3.05, 3.63) is 11.8 Å². The Bertz CT molecular complexity index is 291. The third kappa shape index (κ3) is 4.80. The molecule has 0 saturated carbocycles. The second-order valence-electron chi connectivity index (χ2n) is 2.33. The van der Waals surface area contributed by atoms with Crippen molar-refractivity contribution in [2.75, 3.05) is 13.2 Å². The lowest BCUT2D eigenvalue weighted by Gasteiger charge is -1.99. The van der Waals surface area contributed by atoms with Crippen molar-refractivity contribution >= 4 is 17.7 Å². The van der Waals surface area contributed by atoms with Crippen molar-refractivity contribution in [1.82, 2.24) is 0 Å². The van der Waals surface area contributed by atoms with E-state index >= 15 is 0 Å². The van der Waals surface area contributed by atoms with Gasteiger partial charge < -0.3 is 14.6 Å². The van der Waals surface area contributed by atoms with E-state index in [0.29, 0.717) is 6.08 Å². The Morgan fingerprint density at radius 3 is 2.00 bits per heavy atom. The highest BCUT2D eigenvalue weighted by Gasteiger charge is 2.16. The fourth-order valence-corrected chi connectivity index (χ4v) is 0.649. The maximum Gasteiger partial charge on any atom is 0.379 e. The van der Waals surface area contributed by atoms with E-state index in [2.05, 4.69) is 9.47 Å². The predicted octanol–water partition coefficient (Wildman–Crippen LogP) is 0.124. The van der Waals surface area contributed by atoms with Gasteiger partial charge in [0.25, 0.3) is 5.78 Å². The average Bonchev–Trinajstić information content (AvgIpc) is 2.18. The topological polar surface area (TPSA) is 89.9 Å². The highest BCUT2D eigenvalue weighted by Crippen LogP contribution is 1.95. The molecule has 84 valence electrons. The van der Waals surface area contributed by atoms with E-state index in [4.69, 9.17) is 5.11 Å². The zero-order chi connectivity index (χ0) is 11.8. The molecule has 0 heterocycles. The SMILES string of the molecule is CCOC(=O)C(=O)/C=C(\O)C(=O)OCC. The molecule has 0 aliphatic carbocycles. The number of carbonyl (C=O) groups is 3. The molecule has 0 aromatic carbocycles. The van der Waals surface area contributed by atoms with E-state index in [1.807, 2.05) is 0 Å². The van der Waals surface area contributed by atoms with Crippen LogP contribution in [0, 0.1) is 0 Å². The first kappa shape index (κ1) is 13.2. The second-order valence-corrected chi connectivity index (χ2v) is 2.33. The van der Waals surface area contributed by atoms with Gasteiger partial charge in [-0.1, -0.05) is 0 Å². The minimum absolute atomic E-state index is 0.0403. The van der Waals surface area contributed by atoms with Crippen LogP contribution in [-0.2, 0) is 23.9 Å². The van der Waals surface area contributed by atoms with E-state index in [9.17, 15) is 14.4 Å². The zero-order valence-electron chi connectivity index (χ0n) is 8.48. The highest BCUT2D eigenvalue weighted by atomic mass is 16.5. The summed E-state index contributed by atoms with van der Waals surface area (Å²) in [6.07, 6.45) is 0.468. The molecule has 0 radical (unpaired) electrons. The van der Waals surface area contributed by atoms with Crippen molar-refractivity contribution < 1.29 is 29.0 Å². The Labute approximate surface area is 86.5 Å². The van der Waals surface area contributed by atoms with Gasteiger partial charge in [-0.05, 0) is 13.8 Å². The molecule has 0 unspecified atom stereocenters. The summed E-state index contributed by atoms with van der Waals surface area (Å²) >= 11 is 0. The first-order valence-corrected chi connectivity index (χ1v) is 4.31. The number of ketones is 1. The number of aliphatic hydroxyl groups is 1. The summed E-state index contributed by atoms with van der Waals surface area (Å²) in [5.41, 5.74) is 0. The van der Waals surface area contributed by atoms with Gasteiger partial charge in [0, 0.05) is 6.08 Å².